The van der Waals surface area contributed by atoms with Crippen molar-refractivity contribution in [2.24, 2.45) is 0 Å². The van der Waals surface area contributed by atoms with Crippen LogP contribution >= 0.6 is 0 Å². The van der Waals surface area contributed by atoms with Crippen molar-refractivity contribution in [3.05, 3.63) is 133 Å². The van der Waals surface area contributed by atoms with Crippen LogP contribution in [0.25, 0.3) is 65.7 Å². The normalized spacial score (nSPS) is 12.1. The molecule has 7 rings (SSSR count). The van der Waals surface area contributed by atoms with Crippen molar-refractivity contribution >= 4 is 32.3 Å². The van der Waals surface area contributed by atoms with E-state index in [9.17, 15) is 0 Å². The Bertz CT molecular complexity index is 1920. The van der Waals surface area contributed by atoms with Crippen LogP contribution in [-0.4, -0.2) is 0 Å². The lowest BCUT2D eigenvalue weighted by Crippen LogP contribution is -2.12. The molecule has 0 aliphatic rings. The molecule has 0 fully saturated rings. The molecular weight excluding hydrogens is 456 g/mol. The predicted octanol–water partition coefficient (Wildman–Crippen LogP) is 10.9. The van der Waals surface area contributed by atoms with E-state index in [1.54, 1.807) is 0 Å². The van der Waals surface area contributed by atoms with Gasteiger partial charge in [-0.15, -0.1) is 0 Å². The molecule has 0 amide bonds. The molecule has 0 unspecified atom stereocenters. The Hall–Kier alpha value is -4.42. The molecule has 0 aromatic heterocycles. The molecule has 0 radical (unpaired) electrons. The fourth-order valence-electron chi connectivity index (χ4n) is 6.20. The minimum absolute atomic E-state index is 0.00100. The maximum absolute atomic E-state index is 2.46. The highest BCUT2D eigenvalue weighted by molar-refractivity contribution is 6.28. The van der Waals surface area contributed by atoms with Gasteiger partial charge < -0.3 is 0 Å². The lowest BCUT2D eigenvalue weighted by Gasteiger charge is -2.26. The quantitative estimate of drug-likeness (QED) is 0.218. The van der Waals surface area contributed by atoms with Crippen LogP contribution in [0.1, 0.15) is 26.3 Å². The smallest absolute Gasteiger partial charge is 0.00174 e. The second-order valence-corrected chi connectivity index (χ2v) is 11.4. The minimum Gasteiger partial charge on any atom is -0.0622 e. The van der Waals surface area contributed by atoms with Crippen LogP contribution in [0.3, 0.4) is 0 Å². The zero-order valence-corrected chi connectivity index (χ0v) is 22.1. The van der Waals surface area contributed by atoms with E-state index in [4.69, 9.17) is 0 Å². The highest BCUT2D eigenvalue weighted by Crippen LogP contribution is 2.47. The fourth-order valence-corrected chi connectivity index (χ4v) is 6.20. The molecular formula is C38H30. The van der Waals surface area contributed by atoms with E-state index in [1.165, 1.54) is 71.3 Å². The lowest BCUT2D eigenvalue weighted by atomic mass is 9.77. The first-order valence-corrected chi connectivity index (χ1v) is 13.5. The van der Waals surface area contributed by atoms with E-state index in [0.29, 0.717) is 0 Å². The monoisotopic (exact) mass is 486 g/mol. The highest BCUT2D eigenvalue weighted by atomic mass is 14.3. The van der Waals surface area contributed by atoms with Crippen LogP contribution in [0.5, 0.6) is 0 Å². The predicted molar refractivity (Wildman–Crippen MR) is 165 cm³/mol. The summed E-state index contributed by atoms with van der Waals surface area (Å²) < 4.78 is 0. The Morgan fingerprint density at radius 1 is 0.395 bits per heavy atom. The maximum Gasteiger partial charge on any atom is -0.00174 e. The minimum atomic E-state index is 0.00100. The van der Waals surface area contributed by atoms with Gasteiger partial charge in [0.25, 0.3) is 0 Å². The van der Waals surface area contributed by atoms with Crippen molar-refractivity contribution in [3.8, 4) is 33.4 Å². The summed E-state index contributed by atoms with van der Waals surface area (Å²) in [6.07, 6.45) is 0. The molecule has 0 bridgehead atoms. The van der Waals surface area contributed by atoms with Gasteiger partial charge in [-0.1, -0.05) is 142 Å². The van der Waals surface area contributed by atoms with Crippen molar-refractivity contribution in [1.82, 2.24) is 0 Å². The summed E-state index contributed by atoms with van der Waals surface area (Å²) in [5.74, 6) is 0. The zero-order chi connectivity index (χ0) is 25.9. The van der Waals surface area contributed by atoms with Crippen LogP contribution in [0.4, 0.5) is 0 Å². The molecule has 38 heavy (non-hydrogen) atoms. The molecule has 0 saturated carbocycles. The first kappa shape index (κ1) is 22.8. The number of hydrogen-bond donors (Lipinski definition) is 0. The fraction of sp³-hybridized carbons (Fsp3) is 0.105. The summed E-state index contributed by atoms with van der Waals surface area (Å²) in [4.78, 5) is 0. The van der Waals surface area contributed by atoms with Gasteiger partial charge >= 0.3 is 0 Å². The van der Waals surface area contributed by atoms with Gasteiger partial charge in [-0.05, 0) is 82.7 Å². The molecule has 0 nitrogen and oxygen atoms in total. The third-order valence-corrected chi connectivity index (χ3v) is 7.98. The molecule has 0 spiro atoms. The molecule has 182 valence electrons. The van der Waals surface area contributed by atoms with Gasteiger partial charge in [0.05, 0.1) is 0 Å². The third kappa shape index (κ3) is 3.52. The SMILES string of the molecule is CC(C)(C)c1cc(-c2ccccc2-c2ccccc2)c2ccc3ccc(-c4ccccc4)c4ccc1c2c34. The van der Waals surface area contributed by atoms with Crippen molar-refractivity contribution in [2.75, 3.05) is 0 Å². The summed E-state index contributed by atoms with van der Waals surface area (Å²) in [7, 11) is 0. The van der Waals surface area contributed by atoms with Crippen molar-refractivity contribution in [3.63, 3.8) is 0 Å². The second kappa shape index (κ2) is 8.57. The summed E-state index contributed by atoms with van der Waals surface area (Å²) >= 11 is 0. The lowest BCUT2D eigenvalue weighted by molar-refractivity contribution is 0.596. The summed E-state index contributed by atoms with van der Waals surface area (Å²) in [5.41, 5.74) is 9.05. The Balaban J connectivity index is 1.64. The average Bonchev–Trinajstić information content (AvgIpc) is 2.96. The largest absolute Gasteiger partial charge is 0.0622 e. The zero-order valence-electron chi connectivity index (χ0n) is 22.1. The van der Waals surface area contributed by atoms with Crippen LogP contribution in [0.15, 0.2) is 127 Å². The Morgan fingerprint density at radius 3 is 1.61 bits per heavy atom. The standard InChI is InChI=1S/C38H30/c1-38(2,3)35-24-34(30-17-11-10-16-28(30)25-12-6-4-7-13-25)32-21-19-27-18-20-29(26-14-8-5-9-15-26)31-22-23-33(35)37(32)36(27)31/h4-24H,1-3H3. The van der Waals surface area contributed by atoms with Crippen LogP contribution < -0.4 is 0 Å². The van der Waals surface area contributed by atoms with E-state index >= 15 is 0 Å². The molecule has 7 aromatic carbocycles. The van der Waals surface area contributed by atoms with Crippen molar-refractivity contribution < 1.29 is 0 Å². The maximum atomic E-state index is 2.46. The number of benzene rings is 7. The van der Waals surface area contributed by atoms with E-state index < -0.39 is 0 Å². The summed E-state index contributed by atoms with van der Waals surface area (Å²) in [5, 5.41) is 8.04. The van der Waals surface area contributed by atoms with Gasteiger partial charge in [0.2, 0.25) is 0 Å². The van der Waals surface area contributed by atoms with E-state index in [0.717, 1.165) is 0 Å². The molecule has 0 heteroatoms. The van der Waals surface area contributed by atoms with Crippen molar-refractivity contribution in [2.45, 2.75) is 26.2 Å². The Morgan fingerprint density at radius 2 is 0.921 bits per heavy atom. The average molecular weight is 487 g/mol. The van der Waals surface area contributed by atoms with E-state index in [-0.39, 0.29) is 5.41 Å². The highest BCUT2D eigenvalue weighted by Gasteiger charge is 2.23. The number of rotatable bonds is 3. The van der Waals surface area contributed by atoms with Gasteiger partial charge in [-0.3, -0.25) is 0 Å². The molecule has 0 N–H and O–H groups in total. The topological polar surface area (TPSA) is 0 Å². The van der Waals surface area contributed by atoms with Gasteiger partial charge in [-0.25, -0.2) is 0 Å². The van der Waals surface area contributed by atoms with Gasteiger partial charge in [0.15, 0.2) is 0 Å². The molecule has 7 aromatic rings. The van der Waals surface area contributed by atoms with Crippen LogP contribution in [0, 0.1) is 0 Å². The third-order valence-electron chi connectivity index (χ3n) is 7.98. The Kier molecular flexibility index (Phi) is 5.13. The molecule has 0 heterocycles. The number of hydrogen-bond acceptors (Lipinski definition) is 0. The van der Waals surface area contributed by atoms with Gasteiger partial charge in [0.1, 0.15) is 0 Å². The Labute approximate surface area is 224 Å². The van der Waals surface area contributed by atoms with E-state index in [2.05, 4.69) is 148 Å². The molecule has 0 aliphatic carbocycles. The van der Waals surface area contributed by atoms with E-state index in [1.807, 2.05) is 0 Å². The first-order chi connectivity index (χ1) is 18.5. The van der Waals surface area contributed by atoms with Gasteiger partial charge in [-0.2, -0.15) is 0 Å². The second-order valence-electron chi connectivity index (χ2n) is 11.4. The van der Waals surface area contributed by atoms with Crippen LogP contribution in [0.2, 0.25) is 0 Å². The van der Waals surface area contributed by atoms with Crippen LogP contribution in [-0.2, 0) is 5.41 Å². The summed E-state index contributed by atoms with van der Waals surface area (Å²) in [6, 6.07) is 46.8. The molecule has 0 atom stereocenters. The summed E-state index contributed by atoms with van der Waals surface area (Å²) in [6.45, 7) is 7.00. The van der Waals surface area contributed by atoms with Gasteiger partial charge in [0, 0.05) is 0 Å². The molecule has 0 aliphatic heterocycles. The molecule has 0 saturated heterocycles. The van der Waals surface area contributed by atoms with Crippen molar-refractivity contribution in [1.29, 1.82) is 0 Å². The first-order valence-electron chi connectivity index (χ1n) is 13.5.